The van der Waals surface area contributed by atoms with Gasteiger partial charge in [0.15, 0.2) is 5.84 Å². The van der Waals surface area contributed by atoms with Crippen molar-refractivity contribution in [3.05, 3.63) is 0 Å². The molecule has 0 bridgehead atoms. The van der Waals surface area contributed by atoms with Gasteiger partial charge in [0.25, 0.3) is 0 Å². The Morgan fingerprint density at radius 2 is 2.15 bits per heavy atom. The van der Waals surface area contributed by atoms with Crippen LogP contribution in [0, 0.1) is 0 Å². The molecule has 0 aliphatic heterocycles. The molecule has 2 unspecified atom stereocenters. The minimum Gasteiger partial charge on any atom is -0.409 e. The number of hydrogen-bond donors (Lipinski definition) is 2. The van der Waals surface area contributed by atoms with Gasteiger partial charge in [0.2, 0.25) is 0 Å². The molecule has 0 radical (unpaired) electrons. The molecule has 0 aromatic rings. The third kappa shape index (κ3) is 3.87. The third-order valence-corrected chi connectivity index (χ3v) is 3.07. The lowest BCUT2D eigenvalue weighted by molar-refractivity contribution is 0.246. The van der Waals surface area contributed by atoms with Gasteiger partial charge in [0.1, 0.15) is 0 Å². The van der Waals surface area contributed by atoms with E-state index in [9.17, 15) is 0 Å². The summed E-state index contributed by atoms with van der Waals surface area (Å²) in [5.74, 6) is 1.30. The maximum atomic E-state index is 8.50. The number of thioether (sulfide) groups is 1. The predicted molar refractivity (Wildman–Crippen MR) is 58.5 cm³/mol. The molecule has 0 saturated heterocycles. The zero-order valence-corrected chi connectivity index (χ0v) is 9.51. The van der Waals surface area contributed by atoms with Crippen molar-refractivity contribution in [1.29, 1.82) is 0 Å². The zero-order chi connectivity index (χ0) is 10.4. The number of oxime groups is 1. The van der Waals surface area contributed by atoms with E-state index in [4.69, 9.17) is 10.9 Å². The Morgan fingerprint density at radius 1 is 1.62 bits per heavy atom. The molecule has 0 aromatic heterocycles. The molecular weight excluding hydrogens is 186 g/mol. The van der Waals surface area contributed by atoms with Crippen LogP contribution in [-0.2, 0) is 0 Å². The van der Waals surface area contributed by atoms with Crippen molar-refractivity contribution in [2.75, 3.05) is 19.1 Å². The van der Waals surface area contributed by atoms with Gasteiger partial charge >= 0.3 is 0 Å². The van der Waals surface area contributed by atoms with E-state index < -0.39 is 0 Å². The van der Waals surface area contributed by atoms with Crippen LogP contribution >= 0.6 is 11.8 Å². The van der Waals surface area contributed by atoms with E-state index in [0.29, 0.717) is 6.04 Å². The van der Waals surface area contributed by atoms with E-state index in [1.165, 1.54) is 0 Å². The van der Waals surface area contributed by atoms with Crippen LogP contribution in [0.3, 0.4) is 0 Å². The predicted octanol–water partition coefficient (Wildman–Crippen LogP) is 0.805. The summed E-state index contributed by atoms with van der Waals surface area (Å²) in [4.78, 5) is 2.09. The first kappa shape index (κ1) is 12.6. The standard InChI is InChI=1S/C8H19N3OS/c1-6(5-13-4)11(3)7(2)8(9)10-12/h6-7,12H,5H2,1-4H3,(H2,9,10). The lowest BCUT2D eigenvalue weighted by atomic mass is 10.2. The van der Waals surface area contributed by atoms with Gasteiger partial charge in [0.05, 0.1) is 6.04 Å². The summed E-state index contributed by atoms with van der Waals surface area (Å²) in [6.45, 7) is 4.05. The van der Waals surface area contributed by atoms with E-state index in [-0.39, 0.29) is 11.9 Å². The van der Waals surface area contributed by atoms with Gasteiger partial charge < -0.3 is 10.9 Å². The fourth-order valence-electron chi connectivity index (χ4n) is 1.03. The Hall–Kier alpha value is -0.420. The van der Waals surface area contributed by atoms with Crippen molar-refractivity contribution in [2.45, 2.75) is 25.9 Å². The molecule has 78 valence electrons. The van der Waals surface area contributed by atoms with E-state index >= 15 is 0 Å². The maximum Gasteiger partial charge on any atom is 0.156 e. The average Bonchev–Trinajstić information content (AvgIpc) is 2.14. The highest BCUT2D eigenvalue weighted by Crippen LogP contribution is 2.07. The maximum absolute atomic E-state index is 8.50. The molecule has 3 N–H and O–H groups in total. The number of nitrogens with zero attached hydrogens (tertiary/aromatic N) is 2. The quantitative estimate of drug-likeness (QED) is 0.302. The van der Waals surface area contributed by atoms with E-state index in [2.05, 4.69) is 23.2 Å². The lowest BCUT2D eigenvalue weighted by Crippen LogP contribution is -2.45. The van der Waals surface area contributed by atoms with Gasteiger partial charge in [0, 0.05) is 11.8 Å². The van der Waals surface area contributed by atoms with E-state index in [1.807, 2.05) is 14.0 Å². The Labute approximate surface area is 84.2 Å². The molecule has 4 nitrogen and oxygen atoms in total. The first-order chi connectivity index (χ1) is 6.04. The highest BCUT2D eigenvalue weighted by atomic mass is 32.2. The highest BCUT2D eigenvalue weighted by molar-refractivity contribution is 7.98. The lowest BCUT2D eigenvalue weighted by Gasteiger charge is -2.29. The van der Waals surface area contributed by atoms with Crippen molar-refractivity contribution in [1.82, 2.24) is 4.90 Å². The second-order valence-corrected chi connectivity index (χ2v) is 4.08. The van der Waals surface area contributed by atoms with Gasteiger partial charge in [-0.1, -0.05) is 5.16 Å². The van der Waals surface area contributed by atoms with Crippen LogP contribution in [0.1, 0.15) is 13.8 Å². The van der Waals surface area contributed by atoms with Gasteiger partial charge in [-0.15, -0.1) is 0 Å². The van der Waals surface area contributed by atoms with Gasteiger partial charge in [-0.3, -0.25) is 4.90 Å². The summed E-state index contributed by atoms with van der Waals surface area (Å²) in [5.41, 5.74) is 5.50. The normalized spacial score (nSPS) is 17.5. The largest absolute Gasteiger partial charge is 0.409 e. The number of amidine groups is 1. The number of rotatable bonds is 5. The number of nitrogens with two attached hydrogens (primary N) is 1. The fourth-order valence-corrected chi connectivity index (χ4v) is 1.75. The van der Waals surface area contributed by atoms with Crippen molar-refractivity contribution >= 4 is 17.6 Å². The minimum atomic E-state index is -0.0212. The first-order valence-electron chi connectivity index (χ1n) is 4.22. The Balaban J connectivity index is 4.16. The minimum absolute atomic E-state index is 0.0212. The molecule has 0 amide bonds. The molecule has 0 saturated carbocycles. The van der Waals surface area contributed by atoms with Crippen LogP contribution in [-0.4, -0.2) is 47.1 Å². The zero-order valence-electron chi connectivity index (χ0n) is 8.69. The van der Waals surface area contributed by atoms with Crippen molar-refractivity contribution in [2.24, 2.45) is 10.9 Å². The SMILES string of the molecule is CSCC(C)N(C)C(C)C(N)=NO. The molecule has 0 fully saturated rings. The highest BCUT2D eigenvalue weighted by Gasteiger charge is 2.18. The molecule has 5 heteroatoms. The smallest absolute Gasteiger partial charge is 0.156 e. The van der Waals surface area contributed by atoms with Crippen LogP contribution in [0.25, 0.3) is 0 Å². The summed E-state index contributed by atoms with van der Waals surface area (Å²) in [6, 6.07) is 0.400. The summed E-state index contributed by atoms with van der Waals surface area (Å²) in [5, 5.41) is 11.5. The summed E-state index contributed by atoms with van der Waals surface area (Å²) in [6.07, 6.45) is 2.07. The van der Waals surface area contributed by atoms with Crippen LogP contribution < -0.4 is 5.73 Å². The molecular formula is C8H19N3OS. The molecule has 0 spiro atoms. The molecule has 2 atom stereocenters. The monoisotopic (exact) mass is 205 g/mol. The Morgan fingerprint density at radius 3 is 2.54 bits per heavy atom. The topological polar surface area (TPSA) is 61.8 Å². The van der Waals surface area contributed by atoms with Crippen molar-refractivity contribution < 1.29 is 5.21 Å². The van der Waals surface area contributed by atoms with Gasteiger partial charge in [-0.25, -0.2) is 0 Å². The van der Waals surface area contributed by atoms with Gasteiger partial charge in [-0.05, 0) is 27.2 Å². The molecule has 0 heterocycles. The van der Waals surface area contributed by atoms with Crippen molar-refractivity contribution in [3.8, 4) is 0 Å². The Kier molecular flexibility index (Phi) is 5.90. The van der Waals surface area contributed by atoms with Crippen LogP contribution in [0.4, 0.5) is 0 Å². The van der Waals surface area contributed by atoms with Crippen LogP contribution in [0.5, 0.6) is 0 Å². The molecule has 0 aliphatic rings. The van der Waals surface area contributed by atoms with Crippen LogP contribution in [0.2, 0.25) is 0 Å². The van der Waals surface area contributed by atoms with E-state index in [0.717, 1.165) is 5.75 Å². The number of hydrogen-bond acceptors (Lipinski definition) is 4. The molecule has 13 heavy (non-hydrogen) atoms. The average molecular weight is 205 g/mol. The molecule has 0 rings (SSSR count). The molecule has 0 aliphatic carbocycles. The second-order valence-electron chi connectivity index (χ2n) is 3.17. The summed E-state index contributed by atoms with van der Waals surface area (Å²) < 4.78 is 0. The fraction of sp³-hybridized carbons (Fsp3) is 0.875. The van der Waals surface area contributed by atoms with Crippen LogP contribution in [0.15, 0.2) is 5.16 Å². The Bertz CT molecular complexity index is 175. The van der Waals surface area contributed by atoms with Crippen molar-refractivity contribution in [3.63, 3.8) is 0 Å². The second kappa shape index (κ2) is 6.10. The summed E-state index contributed by atoms with van der Waals surface area (Å²) in [7, 11) is 1.98. The van der Waals surface area contributed by atoms with Gasteiger partial charge in [-0.2, -0.15) is 11.8 Å². The van der Waals surface area contributed by atoms with E-state index in [1.54, 1.807) is 11.8 Å². The third-order valence-electron chi connectivity index (χ3n) is 2.26. The molecule has 0 aromatic carbocycles. The summed E-state index contributed by atoms with van der Waals surface area (Å²) >= 11 is 1.79. The first-order valence-corrected chi connectivity index (χ1v) is 5.62. The number of likely N-dealkylation sites (N-methyl/N-ethyl adjacent to an activating group) is 1.